The summed E-state index contributed by atoms with van der Waals surface area (Å²) in [6.07, 6.45) is 0. The van der Waals surface area contributed by atoms with Crippen LogP contribution in [-0.2, 0) is 0 Å². The molecular formula is C6H5BN2O2. The summed E-state index contributed by atoms with van der Waals surface area (Å²) in [5.74, 6) is 0. The second-order valence-corrected chi connectivity index (χ2v) is 1.95. The second-order valence-electron chi connectivity index (χ2n) is 1.95. The minimum Gasteiger partial charge on any atom is -0.437 e. The molecule has 0 fully saturated rings. The fraction of sp³-hybridized carbons (Fsp3) is 0. The van der Waals surface area contributed by atoms with Gasteiger partial charge in [-0.05, 0) is 12.1 Å². The van der Waals surface area contributed by atoms with E-state index in [4.69, 9.17) is 7.98 Å². The first-order valence-electron chi connectivity index (χ1n) is 2.95. The van der Waals surface area contributed by atoms with Crippen LogP contribution in [0, 0.1) is 10.1 Å². The Morgan fingerprint density at radius 1 is 1.36 bits per heavy atom. The van der Waals surface area contributed by atoms with Crippen molar-refractivity contribution in [2.24, 2.45) is 0 Å². The first kappa shape index (κ1) is 7.59. The average molecular weight is 148 g/mol. The quantitative estimate of drug-likeness (QED) is 0.388. The van der Waals surface area contributed by atoms with Gasteiger partial charge < -0.3 is 5.23 Å². The van der Waals surface area contributed by atoms with Gasteiger partial charge in [0.15, 0.2) is 0 Å². The van der Waals surface area contributed by atoms with Crippen LogP contribution in [0.4, 0.5) is 11.4 Å². The zero-order valence-corrected chi connectivity index (χ0v) is 5.65. The molecule has 0 heterocycles. The van der Waals surface area contributed by atoms with Gasteiger partial charge in [-0.15, -0.1) is 0 Å². The van der Waals surface area contributed by atoms with Crippen LogP contribution in [0.5, 0.6) is 0 Å². The highest BCUT2D eigenvalue weighted by atomic mass is 16.6. The monoisotopic (exact) mass is 148 g/mol. The smallest absolute Gasteiger partial charge is 0.269 e. The lowest BCUT2D eigenvalue weighted by atomic mass is 10.2. The van der Waals surface area contributed by atoms with Crippen LogP contribution in [0.15, 0.2) is 24.3 Å². The molecule has 0 aliphatic heterocycles. The topological polar surface area (TPSA) is 55.2 Å². The molecule has 2 radical (unpaired) electrons. The molecule has 0 saturated heterocycles. The van der Waals surface area contributed by atoms with Crippen molar-refractivity contribution in [3.8, 4) is 0 Å². The Balaban J connectivity index is 2.91. The third-order valence-electron chi connectivity index (χ3n) is 1.24. The van der Waals surface area contributed by atoms with Crippen molar-refractivity contribution in [3.05, 3.63) is 34.4 Å². The number of anilines is 1. The summed E-state index contributed by atoms with van der Waals surface area (Å²) in [5.41, 5.74) is 0.708. The zero-order chi connectivity index (χ0) is 8.27. The molecule has 0 unspecified atom stereocenters. The SMILES string of the molecule is [B]Nc1ccc([N+](=O)[O-])cc1. The first-order chi connectivity index (χ1) is 5.24. The third kappa shape index (κ3) is 1.70. The zero-order valence-electron chi connectivity index (χ0n) is 5.65. The summed E-state index contributed by atoms with van der Waals surface area (Å²) >= 11 is 0. The van der Waals surface area contributed by atoms with E-state index in [1.165, 1.54) is 24.3 Å². The van der Waals surface area contributed by atoms with Crippen molar-refractivity contribution in [3.63, 3.8) is 0 Å². The van der Waals surface area contributed by atoms with Crippen LogP contribution in [0.2, 0.25) is 0 Å². The van der Waals surface area contributed by atoms with Crippen molar-refractivity contribution < 1.29 is 4.92 Å². The number of nitro groups is 1. The lowest BCUT2D eigenvalue weighted by Gasteiger charge is -1.96. The third-order valence-corrected chi connectivity index (χ3v) is 1.24. The summed E-state index contributed by atoms with van der Waals surface area (Å²) in [7, 11) is 5.06. The lowest BCUT2D eigenvalue weighted by molar-refractivity contribution is -0.384. The molecule has 0 bridgehead atoms. The molecule has 0 aromatic heterocycles. The number of hydrogen-bond donors (Lipinski definition) is 1. The average Bonchev–Trinajstić information content (AvgIpc) is 2.05. The van der Waals surface area contributed by atoms with Crippen molar-refractivity contribution >= 4 is 19.4 Å². The fourth-order valence-electron chi connectivity index (χ4n) is 0.679. The molecule has 0 spiro atoms. The van der Waals surface area contributed by atoms with Crippen LogP contribution in [0.25, 0.3) is 0 Å². The number of rotatable bonds is 2. The van der Waals surface area contributed by atoms with Gasteiger partial charge in [0.05, 0.1) is 4.92 Å². The Hall–Kier alpha value is -1.52. The van der Waals surface area contributed by atoms with E-state index in [0.29, 0.717) is 5.69 Å². The lowest BCUT2D eigenvalue weighted by Crippen LogP contribution is -1.91. The molecule has 5 heteroatoms. The van der Waals surface area contributed by atoms with Gasteiger partial charge >= 0.3 is 0 Å². The van der Waals surface area contributed by atoms with Gasteiger partial charge in [-0.1, -0.05) is 0 Å². The predicted octanol–water partition coefficient (Wildman–Crippen LogP) is 1.09. The summed E-state index contributed by atoms with van der Waals surface area (Å²) in [5, 5.41) is 12.5. The largest absolute Gasteiger partial charge is 0.437 e. The molecule has 1 rings (SSSR count). The van der Waals surface area contributed by atoms with Gasteiger partial charge in [0, 0.05) is 17.8 Å². The summed E-state index contributed by atoms with van der Waals surface area (Å²) in [6.45, 7) is 0. The summed E-state index contributed by atoms with van der Waals surface area (Å²) in [6, 6.07) is 5.85. The van der Waals surface area contributed by atoms with Crippen molar-refractivity contribution in [1.82, 2.24) is 0 Å². The predicted molar refractivity (Wildman–Crippen MR) is 42.5 cm³/mol. The van der Waals surface area contributed by atoms with Crippen LogP contribution in [0.3, 0.4) is 0 Å². The Morgan fingerprint density at radius 2 is 1.91 bits per heavy atom. The van der Waals surface area contributed by atoms with Crippen molar-refractivity contribution in [1.29, 1.82) is 0 Å². The molecule has 11 heavy (non-hydrogen) atoms. The standard InChI is InChI=1S/C6H5BN2O2/c7-8-5-1-3-6(4-2-5)9(10)11/h1-4,8H. The van der Waals surface area contributed by atoms with E-state index in [1.807, 2.05) is 0 Å². The number of non-ortho nitro benzene ring substituents is 1. The van der Waals surface area contributed by atoms with Crippen LogP contribution >= 0.6 is 0 Å². The number of nitrogens with one attached hydrogen (secondary N) is 1. The molecule has 0 amide bonds. The Morgan fingerprint density at radius 3 is 2.27 bits per heavy atom. The highest BCUT2D eigenvalue weighted by Crippen LogP contribution is 2.14. The summed E-state index contributed by atoms with van der Waals surface area (Å²) in [4.78, 5) is 9.70. The second kappa shape index (κ2) is 3.05. The molecular weight excluding hydrogens is 143 g/mol. The maximum atomic E-state index is 10.2. The van der Waals surface area contributed by atoms with Crippen LogP contribution < -0.4 is 5.23 Å². The number of nitro benzene ring substituents is 1. The molecule has 0 atom stereocenters. The van der Waals surface area contributed by atoms with Crippen LogP contribution in [0.1, 0.15) is 0 Å². The highest BCUT2D eigenvalue weighted by Gasteiger charge is 2.01. The van der Waals surface area contributed by atoms with E-state index in [1.54, 1.807) is 0 Å². The van der Waals surface area contributed by atoms with E-state index < -0.39 is 4.92 Å². The molecule has 0 aliphatic rings. The van der Waals surface area contributed by atoms with Gasteiger partial charge in [-0.3, -0.25) is 10.1 Å². The first-order valence-corrected chi connectivity index (χ1v) is 2.95. The van der Waals surface area contributed by atoms with E-state index >= 15 is 0 Å². The van der Waals surface area contributed by atoms with E-state index in [2.05, 4.69) is 5.23 Å². The maximum absolute atomic E-state index is 10.2. The molecule has 1 aromatic carbocycles. The molecule has 1 N–H and O–H groups in total. The number of nitrogens with zero attached hydrogens (tertiary/aromatic N) is 1. The Bertz CT molecular complexity index is 260. The minimum atomic E-state index is -0.458. The Labute approximate surface area is 64.8 Å². The van der Waals surface area contributed by atoms with Gasteiger partial charge in [-0.25, -0.2) is 0 Å². The van der Waals surface area contributed by atoms with Crippen molar-refractivity contribution in [2.45, 2.75) is 0 Å². The number of benzene rings is 1. The molecule has 0 saturated carbocycles. The molecule has 4 nitrogen and oxygen atoms in total. The normalized spacial score (nSPS) is 9.09. The minimum absolute atomic E-state index is 0.0593. The molecule has 54 valence electrons. The molecule has 0 aliphatic carbocycles. The van der Waals surface area contributed by atoms with E-state index in [9.17, 15) is 10.1 Å². The highest BCUT2D eigenvalue weighted by molar-refractivity contribution is 6.15. The number of hydrogen-bond acceptors (Lipinski definition) is 3. The Kier molecular flexibility index (Phi) is 2.10. The van der Waals surface area contributed by atoms with E-state index in [0.717, 1.165) is 0 Å². The summed E-state index contributed by atoms with van der Waals surface area (Å²) < 4.78 is 0. The van der Waals surface area contributed by atoms with Gasteiger partial charge in [-0.2, -0.15) is 0 Å². The fourth-order valence-corrected chi connectivity index (χ4v) is 0.679. The van der Waals surface area contributed by atoms with Gasteiger partial charge in [0.1, 0.15) is 0 Å². The van der Waals surface area contributed by atoms with Gasteiger partial charge in [0.25, 0.3) is 5.69 Å². The molecule has 1 aromatic rings. The van der Waals surface area contributed by atoms with Crippen LogP contribution in [-0.4, -0.2) is 12.9 Å². The van der Waals surface area contributed by atoms with E-state index in [-0.39, 0.29) is 5.69 Å². The maximum Gasteiger partial charge on any atom is 0.269 e. The van der Waals surface area contributed by atoms with Gasteiger partial charge in [0.2, 0.25) is 7.98 Å². The van der Waals surface area contributed by atoms with Crippen molar-refractivity contribution in [2.75, 3.05) is 5.23 Å².